The Hall–Kier alpha value is -1.17. The molecule has 0 saturated heterocycles. The van der Waals surface area contributed by atoms with E-state index in [2.05, 4.69) is 5.32 Å². The van der Waals surface area contributed by atoms with E-state index in [1.165, 1.54) is 5.56 Å². The Kier molecular flexibility index (Phi) is 5.53. The number of benzene rings is 1. The molecule has 1 rings (SSSR count). The van der Waals surface area contributed by atoms with E-state index in [0.29, 0.717) is 12.1 Å². The number of hydrogen-bond acceptors (Lipinski definition) is 3. The molecule has 0 saturated carbocycles. The fraction of sp³-hybridized carbons (Fsp3) is 0.385. The normalized spacial score (nSPS) is 13.3. The zero-order valence-electron chi connectivity index (χ0n) is 10.7. The van der Waals surface area contributed by atoms with E-state index in [9.17, 15) is 13.0 Å². The molecule has 0 spiro atoms. The van der Waals surface area contributed by atoms with Crippen LogP contribution in [0.4, 0.5) is 0 Å². The molecule has 0 heterocycles. The third kappa shape index (κ3) is 5.95. The maximum atomic E-state index is 10.6. The molecule has 0 aromatic heterocycles. The minimum absolute atomic E-state index is 0.391. The number of quaternary nitrogens is 1. The Morgan fingerprint density at radius 1 is 1.17 bits per heavy atom. The first-order valence-corrected chi connectivity index (χ1v) is 7.40. The van der Waals surface area contributed by atoms with Gasteiger partial charge in [0.2, 0.25) is 0 Å². The molecule has 100 valence electrons. The van der Waals surface area contributed by atoms with Gasteiger partial charge in [-0.05, 0) is 19.4 Å². The molecule has 5 heteroatoms. The third-order valence-electron chi connectivity index (χ3n) is 2.80. The Labute approximate surface area is 108 Å². The highest BCUT2D eigenvalue weighted by molar-refractivity contribution is 7.85. The highest BCUT2D eigenvalue weighted by atomic mass is 32.2. The van der Waals surface area contributed by atoms with Crippen molar-refractivity contribution in [3.8, 4) is 0 Å². The average Bonchev–Trinajstić information content (AvgIpc) is 2.28. The summed E-state index contributed by atoms with van der Waals surface area (Å²) in [6.07, 6.45) is 0. The summed E-state index contributed by atoms with van der Waals surface area (Å²) in [5.74, 6) is -0.391. The molecule has 0 amide bonds. The van der Waals surface area contributed by atoms with Crippen LogP contribution in [0.5, 0.6) is 0 Å². The van der Waals surface area contributed by atoms with Crippen molar-refractivity contribution in [2.75, 3.05) is 12.3 Å². The molecule has 0 aliphatic rings. The summed E-state index contributed by atoms with van der Waals surface area (Å²) in [5, 5.41) is 2.09. The molecule has 2 N–H and O–H groups in total. The molecule has 0 unspecified atom stereocenters. The smallest absolute Gasteiger partial charge is 0.101 e. The van der Waals surface area contributed by atoms with Crippen LogP contribution in [0.2, 0.25) is 0 Å². The van der Waals surface area contributed by atoms with Crippen LogP contribution in [0.25, 0.3) is 0 Å². The Bertz CT molecular complexity index is 506. The van der Waals surface area contributed by atoms with Gasteiger partial charge < -0.3 is 9.87 Å². The van der Waals surface area contributed by atoms with Gasteiger partial charge in [0.25, 0.3) is 0 Å². The van der Waals surface area contributed by atoms with Crippen LogP contribution in [-0.2, 0) is 16.7 Å². The predicted molar refractivity (Wildman–Crippen MR) is 69.9 cm³/mol. The van der Waals surface area contributed by atoms with Gasteiger partial charge in [-0.1, -0.05) is 35.9 Å². The second-order valence-electron chi connectivity index (χ2n) is 4.45. The average molecular weight is 269 g/mol. The monoisotopic (exact) mass is 269 g/mol. The molecule has 4 nitrogen and oxygen atoms in total. The SMILES string of the molecule is C/C(C[NH2+]Cc1ccccc1)=C(\C)CS(=O)(=O)[O-]. The first-order valence-electron chi connectivity index (χ1n) is 5.83. The lowest BCUT2D eigenvalue weighted by Crippen LogP contribution is -2.82. The van der Waals surface area contributed by atoms with E-state index in [1.807, 2.05) is 37.3 Å². The number of nitrogens with two attached hydrogens (primary N) is 1. The molecular formula is C13H19NO3S. The molecular weight excluding hydrogens is 250 g/mol. The van der Waals surface area contributed by atoms with Crippen molar-refractivity contribution < 1.29 is 18.3 Å². The third-order valence-corrected chi connectivity index (χ3v) is 3.58. The first kappa shape index (κ1) is 14.9. The lowest BCUT2D eigenvalue weighted by molar-refractivity contribution is -0.663. The van der Waals surface area contributed by atoms with Gasteiger partial charge in [0.1, 0.15) is 6.54 Å². The van der Waals surface area contributed by atoms with Crippen molar-refractivity contribution in [3.63, 3.8) is 0 Å². The van der Waals surface area contributed by atoms with Gasteiger partial charge in [-0.3, -0.25) is 0 Å². The van der Waals surface area contributed by atoms with Crippen LogP contribution in [0.1, 0.15) is 19.4 Å². The summed E-state index contributed by atoms with van der Waals surface area (Å²) in [7, 11) is -4.17. The molecule has 0 aliphatic heterocycles. The summed E-state index contributed by atoms with van der Waals surface area (Å²) >= 11 is 0. The van der Waals surface area contributed by atoms with Gasteiger partial charge in [0.05, 0.1) is 22.4 Å². The van der Waals surface area contributed by atoms with Crippen LogP contribution in [0.15, 0.2) is 41.5 Å². The van der Waals surface area contributed by atoms with Gasteiger partial charge >= 0.3 is 0 Å². The van der Waals surface area contributed by atoms with Crippen LogP contribution in [-0.4, -0.2) is 25.3 Å². The van der Waals surface area contributed by atoms with Gasteiger partial charge in [-0.15, -0.1) is 0 Å². The highest BCUT2D eigenvalue weighted by Gasteiger charge is 2.03. The van der Waals surface area contributed by atoms with Crippen LogP contribution in [0, 0.1) is 0 Å². The van der Waals surface area contributed by atoms with Crippen LogP contribution >= 0.6 is 0 Å². The standard InChI is InChI=1S/C13H19NO3S/c1-11(12(2)10-18(15,16)17)8-14-9-13-6-4-3-5-7-13/h3-7,14H,8-10H2,1-2H3,(H,15,16,17)/b12-11-. The van der Waals surface area contributed by atoms with Crippen molar-refractivity contribution in [1.82, 2.24) is 0 Å². The van der Waals surface area contributed by atoms with Gasteiger partial charge in [-0.25, -0.2) is 8.42 Å². The molecule has 18 heavy (non-hydrogen) atoms. The van der Waals surface area contributed by atoms with Gasteiger partial charge in [0, 0.05) is 5.56 Å². The minimum atomic E-state index is -4.17. The quantitative estimate of drug-likeness (QED) is 0.608. The molecule has 0 bridgehead atoms. The lowest BCUT2D eigenvalue weighted by atomic mass is 10.1. The van der Waals surface area contributed by atoms with E-state index < -0.39 is 15.9 Å². The van der Waals surface area contributed by atoms with E-state index in [1.54, 1.807) is 6.92 Å². The molecule has 0 radical (unpaired) electrons. The largest absolute Gasteiger partial charge is 0.748 e. The van der Waals surface area contributed by atoms with Gasteiger partial charge in [-0.2, -0.15) is 0 Å². The van der Waals surface area contributed by atoms with Crippen LogP contribution in [0.3, 0.4) is 0 Å². The highest BCUT2D eigenvalue weighted by Crippen LogP contribution is 2.03. The van der Waals surface area contributed by atoms with Crippen LogP contribution < -0.4 is 5.32 Å². The maximum absolute atomic E-state index is 10.6. The topological polar surface area (TPSA) is 73.8 Å². The zero-order valence-corrected chi connectivity index (χ0v) is 11.5. The fourth-order valence-electron chi connectivity index (χ4n) is 1.63. The van der Waals surface area contributed by atoms with E-state index >= 15 is 0 Å². The summed E-state index contributed by atoms with van der Waals surface area (Å²) in [6, 6.07) is 10.0. The van der Waals surface area contributed by atoms with Crippen molar-refractivity contribution in [2.45, 2.75) is 20.4 Å². The minimum Gasteiger partial charge on any atom is -0.748 e. The Morgan fingerprint density at radius 2 is 1.78 bits per heavy atom. The summed E-state index contributed by atoms with van der Waals surface area (Å²) < 4.78 is 31.9. The van der Waals surface area contributed by atoms with E-state index in [4.69, 9.17) is 0 Å². The second kappa shape index (κ2) is 6.68. The van der Waals surface area contributed by atoms with Crippen molar-refractivity contribution in [3.05, 3.63) is 47.0 Å². The molecule has 1 aromatic carbocycles. The number of rotatable bonds is 6. The van der Waals surface area contributed by atoms with Crippen molar-refractivity contribution in [2.24, 2.45) is 0 Å². The van der Waals surface area contributed by atoms with E-state index in [0.717, 1.165) is 12.1 Å². The Balaban J connectivity index is 2.46. The lowest BCUT2D eigenvalue weighted by Gasteiger charge is -2.10. The molecule has 0 fully saturated rings. The van der Waals surface area contributed by atoms with Crippen molar-refractivity contribution in [1.29, 1.82) is 0 Å². The van der Waals surface area contributed by atoms with Crippen molar-refractivity contribution >= 4 is 10.1 Å². The first-order chi connectivity index (χ1) is 8.38. The number of hydrogen-bond donors (Lipinski definition) is 1. The molecule has 0 atom stereocenters. The molecule has 0 aliphatic carbocycles. The van der Waals surface area contributed by atoms with E-state index in [-0.39, 0.29) is 0 Å². The summed E-state index contributed by atoms with van der Waals surface area (Å²) in [6.45, 7) is 5.11. The second-order valence-corrected chi connectivity index (χ2v) is 5.85. The summed E-state index contributed by atoms with van der Waals surface area (Å²) in [5.41, 5.74) is 2.82. The predicted octanol–water partition coefficient (Wildman–Crippen LogP) is 0.632. The Morgan fingerprint density at radius 3 is 2.33 bits per heavy atom. The molecule has 1 aromatic rings. The van der Waals surface area contributed by atoms with Gasteiger partial charge in [0.15, 0.2) is 0 Å². The zero-order chi connectivity index (χ0) is 13.6. The fourth-order valence-corrected chi connectivity index (χ4v) is 2.41. The maximum Gasteiger partial charge on any atom is 0.101 e. The summed E-state index contributed by atoms with van der Waals surface area (Å²) in [4.78, 5) is 0.